The highest BCUT2D eigenvalue weighted by Crippen LogP contribution is 2.09. The van der Waals surface area contributed by atoms with Gasteiger partial charge in [0.1, 0.15) is 0 Å². The summed E-state index contributed by atoms with van der Waals surface area (Å²) in [5.41, 5.74) is 8.25. The maximum Gasteiger partial charge on any atom is 0.193 e. The van der Waals surface area contributed by atoms with Crippen LogP contribution in [0.3, 0.4) is 0 Å². The van der Waals surface area contributed by atoms with Crippen molar-refractivity contribution in [2.24, 2.45) is 10.7 Å². The molecule has 116 valence electrons. The van der Waals surface area contributed by atoms with Gasteiger partial charge >= 0.3 is 0 Å². The predicted molar refractivity (Wildman–Crippen MR) is 87.8 cm³/mol. The first-order chi connectivity index (χ1) is 10.2. The molecule has 3 N–H and O–H groups in total. The van der Waals surface area contributed by atoms with Crippen molar-refractivity contribution in [1.82, 2.24) is 4.90 Å². The smallest absolute Gasteiger partial charge is 0.193 e. The zero-order valence-corrected chi connectivity index (χ0v) is 13.0. The Kier molecular flexibility index (Phi) is 6.02. The van der Waals surface area contributed by atoms with E-state index in [-0.39, 0.29) is 0 Å². The predicted octanol–water partition coefficient (Wildman–Crippen LogP) is 1.70. The van der Waals surface area contributed by atoms with Gasteiger partial charge in [-0.25, -0.2) is 0 Å². The summed E-state index contributed by atoms with van der Waals surface area (Å²) in [7, 11) is 0. The molecule has 5 nitrogen and oxygen atoms in total. The first-order valence-electron chi connectivity index (χ1n) is 7.66. The van der Waals surface area contributed by atoms with Crippen molar-refractivity contribution in [3.63, 3.8) is 0 Å². The highest BCUT2D eigenvalue weighted by Gasteiger charge is 2.16. The molecule has 0 aromatic heterocycles. The summed E-state index contributed by atoms with van der Waals surface area (Å²) in [6, 6.07) is 8.66. The van der Waals surface area contributed by atoms with E-state index in [1.54, 1.807) is 0 Å². The van der Waals surface area contributed by atoms with E-state index in [0.717, 1.165) is 38.4 Å². The van der Waals surface area contributed by atoms with Crippen LogP contribution in [0.4, 0.5) is 5.69 Å². The fraction of sp³-hybridized carbons (Fsp3) is 0.562. The number of nitrogens with zero attached hydrogens (tertiary/aromatic N) is 2. The van der Waals surface area contributed by atoms with Crippen molar-refractivity contribution in [3.8, 4) is 0 Å². The summed E-state index contributed by atoms with van der Waals surface area (Å²) in [6.45, 7) is 8.59. The highest BCUT2D eigenvalue weighted by atomic mass is 16.5. The van der Waals surface area contributed by atoms with Gasteiger partial charge in [0.25, 0.3) is 0 Å². The Bertz CT molecular complexity index is 452. The number of rotatable bonds is 5. The van der Waals surface area contributed by atoms with Crippen LogP contribution in [0.2, 0.25) is 0 Å². The van der Waals surface area contributed by atoms with Gasteiger partial charge < -0.3 is 15.8 Å². The molecule has 0 bridgehead atoms. The molecular formula is C16H26N4O. The van der Waals surface area contributed by atoms with E-state index in [1.807, 2.05) is 12.1 Å². The monoisotopic (exact) mass is 290 g/mol. The van der Waals surface area contributed by atoms with Crippen molar-refractivity contribution in [1.29, 1.82) is 0 Å². The second-order valence-electron chi connectivity index (χ2n) is 5.40. The van der Waals surface area contributed by atoms with Crippen molar-refractivity contribution < 1.29 is 4.74 Å². The standard InChI is InChI=1S/C16H26N4O/c1-3-14-4-6-15(7-5-14)19-16(17)18-12-13(2)20-8-10-21-11-9-20/h4-7,13H,3,8-12H2,1-2H3,(H3,17,18,19). The van der Waals surface area contributed by atoms with E-state index in [1.165, 1.54) is 5.56 Å². The summed E-state index contributed by atoms with van der Waals surface area (Å²) in [5.74, 6) is 0.472. The molecule has 1 heterocycles. The number of nitrogens with two attached hydrogens (primary N) is 1. The van der Waals surface area contributed by atoms with Crippen LogP contribution in [-0.2, 0) is 11.2 Å². The molecule has 1 saturated heterocycles. The number of morpholine rings is 1. The third-order valence-corrected chi connectivity index (χ3v) is 3.83. The maximum atomic E-state index is 5.95. The third-order valence-electron chi connectivity index (χ3n) is 3.83. The molecule has 0 radical (unpaired) electrons. The zero-order chi connectivity index (χ0) is 15.1. The lowest BCUT2D eigenvalue weighted by Gasteiger charge is -2.31. The van der Waals surface area contributed by atoms with Gasteiger partial charge in [0.2, 0.25) is 0 Å². The van der Waals surface area contributed by atoms with Crippen LogP contribution in [-0.4, -0.2) is 49.7 Å². The summed E-state index contributed by atoms with van der Waals surface area (Å²) >= 11 is 0. The van der Waals surface area contributed by atoms with Gasteiger partial charge in [-0.05, 0) is 31.0 Å². The minimum absolute atomic E-state index is 0.386. The van der Waals surface area contributed by atoms with E-state index in [9.17, 15) is 0 Å². The fourth-order valence-corrected chi connectivity index (χ4v) is 2.38. The maximum absolute atomic E-state index is 5.95. The molecule has 0 amide bonds. The molecule has 1 unspecified atom stereocenters. The van der Waals surface area contributed by atoms with E-state index in [0.29, 0.717) is 18.5 Å². The van der Waals surface area contributed by atoms with Gasteiger partial charge in [0, 0.05) is 24.8 Å². The highest BCUT2D eigenvalue weighted by molar-refractivity contribution is 5.92. The Morgan fingerprint density at radius 1 is 1.33 bits per heavy atom. The van der Waals surface area contributed by atoms with Crippen molar-refractivity contribution in [2.75, 3.05) is 38.2 Å². The number of aryl methyl sites for hydroxylation is 1. The van der Waals surface area contributed by atoms with Crippen molar-refractivity contribution >= 4 is 11.6 Å². The molecule has 1 aliphatic heterocycles. The molecule has 0 saturated carbocycles. The second kappa shape index (κ2) is 8.00. The number of aliphatic imine (C=N–C) groups is 1. The molecular weight excluding hydrogens is 264 g/mol. The number of hydrogen-bond donors (Lipinski definition) is 2. The van der Waals surface area contributed by atoms with Crippen LogP contribution < -0.4 is 11.1 Å². The zero-order valence-electron chi connectivity index (χ0n) is 13.0. The normalized spacial score (nSPS) is 18.5. The number of ether oxygens (including phenoxy) is 1. The minimum atomic E-state index is 0.386. The lowest BCUT2D eigenvalue weighted by Crippen LogP contribution is -2.43. The van der Waals surface area contributed by atoms with Crippen LogP contribution in [0.25, 0.3) is 0 Å². The Balaban J connectivity index is 1.82. The Labute approximate surface area is 127 Å². The fourth-order valence-electron chi connectivity index (χ4n) is 2.38. The summed E-state index contributed by atoms with van der Waals surface area (Å²) in [5, 5.41) is 3.14. The Morgan fingerprint density at radius 3 is 2.62 bits per heavy atom. The average Bonchev–Trinajstić information content (AvgIpc) is 2.54. The number of benzene rings is 1. The van der Waals surface area contributed by atoms with Crippen LogP contribution in [0, 0.1) is 0 Å². The number of nitrogens with one attached hydrogen (secondary N) is 1. The van der Waals surface area contributed by atoms with Crippen LogP contribution in [0.5, 0.6) is 0 Å². The van der Waals surface area contributed by atoms with Crippen LogP contribution >= 0.6 is 0 Å². The van der Waals surface area contributed by atoms with E-state index in [4.69, 9.17) is 10.5 Å². The van der Waals surface area contributed by atoms with Crippen LogP contribution in [0.15, 0.2) is 29.3 Å². The number of anilines is 1. The van der Waals surface area contributed by atoms with Gasteiger partial charge in [0.05, 0.1) is 19.8 Å². The van der Waals surface area contributed by atoms with E-state index >= 15 is 0 Å². The number of hydrogen-bond acceptors (Lipinski definition) is 3. The average molecular weight is 290 g/mol. The molecule has 1 aromatic carbocycles. The lowest BCUT2D eigenvalue weighted by molar-refractivity contribution is 0.0221. The quantitative estimate of drug-likeness (QED) is 0.640. The van der Waals surface area contributed by atoms with Gasteiger partial charge in [0.15, 0.2) is 5.96 Å². The molecule has 1 aliphatic rings. The Morgan fingerprint density at radius 2 is 2.00 bits per heavy atom. The van der Waals surface area contributed by atoms with Gasteiger partial charge in [-0.3, -0.25) is 9.89 Å². The second-order valence-corrected chi connectivity index (χ2v) is 5.40. The largest absolute Gasteiger partial charge is 0.379 e. The third kappa shape index (κ3) is 5.02. The van der Waals surface area contributed by atoms with Gasteiger partial charge in [-0.2, -0.15) is 0 Å². The Hall–Kier alpha value is -1.59. The minimum Gasteiger partial charge on any atom is -0.379 e. The van der Waals surface area contributed by atoms with E-state index in [2.05, 4.69) is 41.2 Å². The topological polar surface area (TPSA) is 62.9 Å². The molecule has 0 spiro atoms. The molecule has 1 fully saturated rings. The molecule has 1 atom stereocenters. The number of guanidine groups is 1. The first-order valence-corrected chi connectivity index (χ1v) is 7.66. The summed E-state index contributed by atoms with van der Waals surface area (Å²) < 4.78 is 5.36. The van der Waals surface area contributed by atoms with Crippen molar-refractivity contribution in [3.05, 3.63) is 29.8 Å². The van der Waals surface area contributed by atoms with Gasteiger partial charge in [-0.15, -0.1) is 0 Å². The molecule has 1 aromatic rings. The summed E-state index contributed by atoms with van der Waals surface area (Å²) in [4.78, 5) is 6.82. The lowest BCUT2D eigenvalue weighted by atomic mass is 10.1. The summed E-state index contributed by atoms with van der Waals surface area (Å²) in [6.07, 6.45) is 1.04. The molecule has 0 aliphatic carbocycles. The van der Waals surface area contributed by atoms with Crippen molar-refractivity contribution in [2.45, 2.75) is 26.3 Å². The molecule has 2 rings (SSSR count). The molecule has 5 heteroatoms. The first kappa shape index (κ1) is 15.8. The molecule has 21 heavy (non-hydrogen) atoms. The SMILES string of the molecule is CCc1ccc(NC(N)=NCC(C)N2CCOCC2)cc1. The van der Waals surface area contributed by atoms with Crippen LogP contribution in [0.1, 0.15) is 19.4 Å². The van der Waals surface area contributed by atoms with E-state index < -0.39 is 0 Å². The van der Waals surface area contributed by atoms with Gasteiger partial charge in [-0.1, -0.05) is 19.1 Å².